The third kappa shape index (κ3) is 5.73. The molecule has 1 aromatic rings. The van der Waals surface area contributed by atoms with Gasteiger partial charge in [-0.05, 0) is 62.7 Å². The van der Waals surface area contributed by atoms with Crippen molar-refractivity contribution in [3.05, 3.63) is 35.9 Å². The number of likely N-dealkylation sites (tertiary alicyclic amines) is 1. The molecule has 2 nitrogen and oxygen atoms in total. The lowest BCUT2D eigenvalue weighted by Gasteiger charge is -2.30. The summed E-state index contributed by atoms with van der Waals surface area (Å²) in [6, 6.07) is 10.2. The SMILES string of the molecule is CC(C)CCC(CCN1CCCCC1)C(O)c1ccccc1. The van der Waals surface area contributed by atoms with Crippen LogP contribution in [0.5, 0.6) is 0 Å². The summed E-state index contributed by atoms with van der Waals surface area (Å²) in [5.74, 6) is 1.09. The van der Waals surface area contributed by atoms with Crippen LogP contribution < -0.4 is 0 Å². The van der Waals surface area contributed by atoms with E-state index in [1.165, 1.54) is 38.8 Å². The van der Waals surface area contributed by atoms with E-state index in [0.717, 1.165) is 24.9 Å². The number of rotatable bonds is 8. The molecule has 2 atom stereocenters. The minimum atomic E-state index is -0.315. The maximum absolute atomic E-state index is 10.8. The van der Waals surface area contributed by atoms with Gasteiger partial charge >= 0.3 is 0 Å². The maximum Gasteiger partial charge on any atom is 0.0818 e. The molecule has 1 aliphatic heterocycles. The van der Waals surface area contributed by atoms with Crippen molar-refractivity contribution in [2.75, 3.05) is 19.6 Å². The number of nitrogens with zero attached hydrogens (tertiary/aromatic N) is 1. The van der Waals surface area contributed by atoms with Gasteiger partial charge in [0.05, 0.1) is 6.10 Å². The Bertz CT molecular complexity index is 397. The van der Waals surface area contributed by atoms with Gasteiger partial charge in [-0.3, -0.25) is 0 Å². The first-order valence-corrected chi connectivity index (χ1v) is 9.12. The smallest absolute Gasteiger partial charge is 0.0818 e. The first-order valence-electron chi connectivity index (χ1n) is 9.12. The van der Waals surface area contributed by atoms with Crippen LogP contribution in [0.2, 0.25) is 0 Å². The number of hydrogen-bond donors (Lipinski definition) is 1. The molecule has 0 aliphatic carbocycles. The van der Waals surface area contributed by atoms with Crippen LogP contribution in [0, 0.1) is 11.8 Å². The molecule has 1 fully saturated rings. The Morgan fingerprint density at radius 1 is 0.955 bits per heavy atom. The van der Waals surface area contributed by atoms with Crippen molar-refractivity contribution >= 4 is 0 Å². The van der Waals surface area contributed by atoms with E-state index in [1.807, 2.05) is 18.2 Å². The van der Waals surface area contributed by atoms with Gasteiger partial charge in [0.1, 0.15) is 0 Å². The minimum absolute atomic E-state index is 0.315. The normalized spacial score (nSPS) is 19.3. The van der Waals surface area contributed by atoms with Crippen molar-refractivity contribution in [2.24, 2.45) is 11.8 Å². The second kappa shape index (κ2) is 9.32. The van der Waals surface area contributed by atoms with Crippen molar-refractivity contribution in [3.8, 4) is 0 Å². The molecule has 0 saturated carbocycles. The van der Waals surface area contributed by atoms with Crippen LogP contribution in [0.25, 0.3) is 0 Å². The number of benzene rings is 1. The Labute approximate surface area is 136 Å². The van der Waals surface area contributed by atoms with E-state index in [1.54, 1.807) is 0 Å². The highest BCUT2D eigenvalue weighted by molar-refractivity contribution is 5.18. The van der Waals surface area contributed by atoms with Crippen molar-refractivity contribution in [2.45, 2.75) is 58.5 Å². The molecule has 0 bridgehead atoms. The van der Waals surface area contributed by atoms with E-state index < -0.39 is 0 Å². The Morgan fingerprint density at radius 2 is 1.64 bits per heavy atom. The first-order chi connectivity index (χ1) is 10.7. The minimum Gasteiger partial charge on any atom is -0.388 e. The van der Waals surface area contributed by atoms with Crippen LogP contribution in [0.3, 0.4) is 0 Å². The third-order valence-electron chi connectivity index (χ3n) is 4.97. The van der Waals surface area contributed by atoms with Gasteiger partial charge in [-0.2, -0.15) is 0 Å². The molecule has 2 unspecified atom stereocenters. The number of aliphatic hydroxyl groups is 1. The van der Waals surface area contributed by atoms with E-state index in [9.17, 15) is 5.11 Å². The molecule has 2 rings (SSSR count). The highest BCUT2D eigenvalue weighted by atomic mass is 16.3. The fraction of sp³-hybridized carbons (Fsp3) is 0.700. The molecule has 1 heterocycles. The van der Waals surface area contributed by atoms with Crippen LogP contribution in [0.15, 0.2) is 30.3 Å². The van der Waals surface area contributed by atoms with Gasteiger partial charge in [0.25, 0.3) is 0 Å². The lowest BCUT2D eigenvalue weighted by Crippen LogP contribution is -2.32. The van der Waals surface area contributed by atoms with Crippen LogP contribution in [-0.4, -0.2) is 29.6 Å². The summed E-state index contributed by atoms with van der Waals surface area (Å²) in [5.41, 5.74) is 1.08. The average Bonchev–Trinajstić information content (AvgIpc) is 2.56. The Hall–Kier alpha value is -0.860. The summed E-state index contributed by atoms with van der Waals surface area (Å²) < 4.78 is 0. The van der Waals surface area contributed by atoms with Gasteiger partial charge in [0, 0.05) is 0 Å². The van der Waals surface area contributed by atoms with Crippen LogP contribution in [0.4, 0.5) is 0 Å². The first kappa shape index (κ1) is 17.5. The van der Waals surface area contributed by atoms with Crippen molar-refractivity contribution in [3.63, 3.8) is 0 Å². The van der Waals surface area contributed by atoms with Crippen LogP contribution in [0.1, 0.15) is 64.0 Å². The Kier molecular flexibility index (Phi) is 7.41. The predicted octanol–water partition coefficient (Wildman–Crippen LogP) is 4.65. The fourth-order valence-electron chi connectivity index (χ4n) is 3.46. The summed E-state index contributed by atoms with van der Waals surface area (Å²) in [6.45, 7) is 8.19. The number of hydrogen-bond acceptors (Lipinski definition) is 2. The van der Waals surface area contributed by atoms with E-state index in [2.05, 4.69) is 30.9 Å². The van der Waals surface area contributed by atoms with Crippen LogP contribution in [-0.2, 0) is 0 Å². The topological polar surface area (TPSA) is 23.5 Å². The predicted molar refractivity (Wildman–Crippen MR) is 93.9 cm³/mol. The number of piperidine rings is 1. The van der Waals surface area contributed by atoms with Crippen molar-refractivity contribution in [1.82, 2.24) is 4.90 Å². The Balaban J connectivity index is 1.92. The zero-order chi connectivity index (χ0) is 15.8. The van der Waals surface area contributed by atoms with Gasteiger partial charge in [-0.1, -0.05) is 57.0 Å². The van der Waals surface area contributed by atoms with Gasteiger partial charge in [0.15, 0.2) is 0 Å². The zero-order valence-corrected chi connectivity index (χ0v) is 14.4. The summed E-state index contributed by atoms with van der Waals surface area (Å²) >= 11 is 0. The summed E-state index contributed by atoms with van der Waals surface area (Å²) in [4.78, 5) is 2.59. The highest BCUT2D eigenvalue weighted by Gasteiger charge is 2.22. The van der Waals surface area contributed by atoms with Crippen molar-refractivity contribution in [1.29, 1.82) is 0 Å². The van der Waals surface area contributed by atoms with Gasteiger partial charge in [0.2, 0.25) is 0 Å². The molecule has 124 valence electrons. The second-order valence-corrected chi connectivity index (χ2v) is 7.28. The summed E-state index contributed by atoms with van der Waals surface area (Å²) in [6.07, 6.45) is 7.21. The molecule has 0 aromatic heterocycles. The average molecular weight is 303 g/mol. The molecular weight excluding hydrogens is 270 g/mol. The molecule has 0 radical (unpaired) electrons. The molecule has 22 heavy (non-hydrogen) atoms. The monoisotopic (exact) mass is 303 g/mol. The summed E-state index contributed by atoms with van der Waals surface area (Å²) in [7, 11) is 0. The highest BCUT2D eigenvalue weighted by Crippen LogP contribution is 2.30. The maximum atomic E-state index is 10.8. The molecular formula is C20H33NO. The second-order valence-electron chi connectivity index (χ2n) is 7.28. The van der Waals surface area contributed by atoms with Gasteiger partial charge < -0.3 is 10.0 Å². The molecule has 1 N–H and O–H groups in total. The van der Waals surface area contributed by atoms with Crippen molar-refractivity contribution < 1.29 is 5.11 Å². The molecule has 1 aromatic carbocycles. The van der Waals surface area contributed by atoms with Crippen LogP contribution >= 0.6 is 0 Å². The van der Waals surface area contributed by atoms with E-state index >= 15 is 0 Å². The Morgan fingerprint density at radius 3 is 2.27 bits per heavy atom. The molecule has 0 spiro atoms. The lowest BCUT2D eigenvalue weighted by atomic mass is 9.86. The number of aliphatic hydroxyl groups excluding tert-OH is 1. The van der Waals surface area contributed by atoms with E-state index in [4.69, 9.17) is 0 Å². The standard InChI is InChI=1S/C20H33NO/c1-17(2)11-12-19(13-16-21-14-7-4-8-15-21)20(22)18-9-5-3-6-10-18/h3,5-6,9-10,17,19-20,22H,4,7-8,11-16H2,1-2H3. The van der Waals surface area contributed by atoms with Gasteiger partial charge in [-0.15, -0.1) is 0 Å². The lowest BCUT2D eigenvalue weighted by molar-refractivity contribution is 0.0829. The fourth-order valence-corrected chi connectivity index (χ4v) is 3.46. The molecule has 1 saturated heterocycles. The largest absolute Gasteiger partial charge is 0.388 e. The van der Waals surface area contributed by atoms with Gasteiger partial charge in [-0.25, -0.2) is 0 Å². The molecule has 2 heteroatoms. The zero-order valence-electron chi connectivity index (χ0n) is 14.4. The molecule has 0 amide bonds. The summed E-state index contributed by atoms with van der Waals surface area (Å²) in [5, 5.41) is 10.8. The molecule has 1 aliphatic rings. The quantitative estimate of drug-likeness (QED) is 0.755. The van der Waals surface area contributed by atoms with E-state index in [-0.39, 0.29) is 6.10 Å². The van der Waals surface area contributed by atoms with E-state index in [0.29, 0.717) is 11.8 Å². The third-order valence-corrected chi connectivity index (χ3v) is 4.97.